The molecule has 39 heavy (non-hydrogen) atoms. The van der Waals surface area contributed by atoms with Gasteiger partial charge < -0.3 is 40.3 Å². The fourth-order valence-corrected chi connectivity index (χ4v) is 5.60. The Bertz CT molecular complexity index is 1320. The number of aromatic nitrogens is 1. The van der Waals surface area contributed by atoms with Crippen molar-refractivity contribution in [2.24, 2.45) is 5.92 Å². The predicted octanol–water partition coefficient (Wildman–Crippen LogP) is 1.89. The first-order chi connectivity index (χ1) is 18.5. The van der Waals surface area contributed by atoms with E-state index in [1.165, 1.54) is 17.4 Å². The number of rotatable bonds is 9. The second-order valence-electron chi connectivity index (χ2n) is 9.57. The maximum atomic E-state index is 12.7. The van der Waals surface area contributed by atoms with E-state index in [4.69, 9.17) is 9.47 Å². The number of aliphatic hydroxyl groups excluding tert-OH is 4. The number of amides is 1. The Morgan fingerprint density at radius 3 is 2.62 bits per heavy atom. The molecule has 1 aromatic heterocycles. The molecule has 1 aliphatic rings. The third-order valence-corrected chi connectivity index (χ3v) is 7.95. The molecule has 6 atom stereocenters. The summed E-state index contributed by atoms with van der Waals surface area (Å²) in [4.78, 5) is 29.7. The van der Waals surface area contributed by atoms with Crippen LogP contribution >= 0.6 is 27.3 Å². The summed E-state index contributed by atoms with van der Waals surface area (Å²) in [6.07, 6.45) is -7.48. The molecule has 210 valence electrons. The predicted molar refractivity (Wildman–Crippen MR) is 145 cm³/mol. The molecule has 1 saturated heterocycles. The second kappa shape index (κ2) is 11.8. The first-order valence-electron chi connectivity index (χ1n) is 12.2. The lowest BCUT2D eigenvalue weighted by atomic mass is 9.88. The summed E-state index contributed by atoms with van der Waals surface area (Å²) in [5.74, 6) is -5.05. The number of thiazole rings is 1. The largest absolute Gasteiger partial charge is 0.476 e. The zero-order chi connectivity index (χ0) is 28.5. The van der Waals surface area contributed by atoms with Crippen LogP contribution in [0.1, 0.15) is 20.3 Å². The van der Waals surface area contributed by atoms with E-state index in [0.29, 0.717) is 15.0 Å². The number of nitrogens with one attached hydrogen (secondary N) is 1. The van der Waals surface area contributed by atoms with E-state index >= 15 is 0 Å². The van der Waals surface area contributed by atoms with Gasteiger partial charge >= 0.3 is 11.8 Å². The van der Waals surface area contributed by atoms with Crippen molar-refractivity contribution in [2.45, 2.75) is 56.5 Å². The van der Waals surface area contributed by atoms with Crippen molar-refractivity contribution < 1.29 is 44.6 Å². The summed E-state index contributed by atoms with van der Waals surface area (Å²) in [7, 11) is 0. The van der Waals surface area contributed by atoms with E-state index in [0.717, 1.165) is 10.2 Å². The molecule has 1 fully saturated rings. The first kappa shape index (κ1) is 29.3. The van der Waals surface area contributed by atoms with Gasteiger partial charge in [0.05, 0.1) is 41.0 Å². The van der Waals surface area contributed by atoms with Crippen LogP contribution in [0.25, 0.3) is 20.8 Å². The molecule has 1 amide bonds. The van der Waals surface area contributed by atoms with Crippen LogP contribution in [-0.4, -0.2) is 85.2 Å². The molecule has 0 radical (unpaired) electrons. The van der Waals surface area contributed by atoms with Crippen LogP contribution in [0.2, 0.25) is 0 Å². The molecule has 2 aromatic carbocycles. The third-order valence-electron chi connectivity index (χ3n) is 6.39. The van der Waals surface area contributed by atoms with Gasteiger partial charge in [-0.1, -0.05) is 41.9 Å². The number of carboxylic acids is 1. The average Bonchev–Trinajstić information content (AvgIpc) is 3.34. The first-order valence-corrected chi connectivity index (χ1v) is 13.8. The zero-order valence-corrected chi connectivity index (χ0v) is 23.4. The summed E-state index contributed by atoms with van der Waals surface area (Å²) in [5.41, 5.74) is 1.19. The van der Waals surface area contributed by atoms with Gasteiger partial charge in [0.15, 0.2) is 0 Å². The highest BCUT2D eigenvalue weighted by molar-refractivity contribution is 9.10. The monoisotopic (exact) mass is 624 g/mol. The summed E-state index contributed by atoms with van der Waals surface area (Å²) >= 11 is 4.79. The van der Waals surface area contributed by atoms with Crippen LogP contribution in [0.3, 0.4) is 0 Å². The number of nitrogens with zero attached hydrogens (tertiary/aromatic N) is 1. The van der Waals surface area contributed by atoms with Crippen LogP contribution in [0.5, 0.6) is 5.75 Å². The Balaban J connectivity index is 1.75. The Morgan fingerprint density at radius 1 is 1.26 bits per heavy atom. The summed E-state index contributed by atoms with van der Waals surface area (Å²) in [6, 6.07) is 11.0. The molecule has 3 aromatic rings. The van der Waals surface area contributed by atoms with E-state index in [-0.39, 0.29) is 5.75 Å². The highest BCUT2D eigenvalue weighted by Crippen LogP contribution is 2.41. The Morgan fingerprint density at radius 2 is 1.97 bits per heavy atom. The number of hydrogen-bond acceptors (Lipinski definition) is 10. The third kappa shape index (κ3) is 6.09. The number of carboxylic acid groups (broad SMARTS) is 1. The maximum absolute atomic E-state index is 12.7. The average molecular weight is 625 g/mol. The molecule has 11 nitrogen and oxygen atoms in total. The lowest BCUT2D eigenvalue weighted by molar-refractivity contribution is -0.284. The number of carbonyl (C=O) groups is 2. The summed E-state index contributed by atoms with van der Waals surface area (Å²) in [5, 5.41) is 54.7. The molecular weight excluding hydrogens is 596 g/mol. The fraction of sp³-hybridized carbons (Fsp3) is 0.423. The van der Waals surface area contributed by atoms with Gasteiger partial charge in [-0.3, -0.25) is 4.79 Å². The molecule has 0 bridgehead atoms. The quantitative estimate of drug-likeness (QED) is 0.206. The minimum Gasteiger partial charge on any atom is -0.476 e. The van der Waals surface area contributed by atoms with Crippen LogP contribution < -0.4 is 10.1 Å². The summed E-state index contributed by atoms with van der Waals surface area (Å²) in [6.45, 7) is 2.35. The SMILES string of the molecule is CC(C)C(=O)NC1C(O)CC(Oc2ccc(Br)cc2-c2nc3ccccc3s2)(C(=O)O)OC1C(O)C(O)CO. The van der Waals surface area contributed by atoms with Crippen LogP contribution in [-0.2, 0) is 14.3 Å². The fourth-order valence-electron chi connectivity index (χ4n) is 4.25. The lowest BCUT2D eigenvalue weighted by Crippen LogP contribution is -2.69. The van der Waals surface area contributed by atoms with Crippen molar-refractivity contribution in [3.8, 4) is 16.3 Å². The number of aliphatic hydroxyl groups is 4. The molecule has 1 aliphatic heterocycles. The molecule has 13 heteroatoms. The highest BCUT2D eigenvalue weighted by atomic mass is 79.9. The van der Waals surface area contributed by atoms with Crippen LogP contribution in [0.15, 0.2) is 46.9 Å². The topological polar surface area (TPSA) is 179 Å². The molecule has 0 saturated carbocycles. The maximum Gasteiger partial charge on any atom is 0.377 e. The van der Waals surface area contributed by atoms with Gasteiger partial charge in [0.1, 0.15) is 29.1 Å². The normalized spacial score (nSPS) is 24.9. The van der Waals surface area contributed by atoms with Gasteiger partial charge in [0.2, 0.25) is 5.91 Å². The number of fused-ring (bicyclic) bond motifs is 1. The van der Waals surface area contributed by atoms with Gasteiger partial charge in [-0.2, -0.15) is 0 Å². The lowest BCUT2D eigenvalue weighted by Gasteiger charge is -2.46. The molecule has 4 rings (SSSR count). The van der Waals surface area contributed by atoms with Crippen molar-refractivity contribution in [3.63, 3.8) is 0 Å². The molecule has 0 spiro atoms. The second-order valence-corrected chi connectivity index (χ2v) is 11.5. The Labute approximate surface area is 236 Å². The van der Waals surface area contributed by atoms with Gasteiger partial charge in [0, 0.05) is 10.4 Å². The van der Waals surface area contributed by atoms with Gasteiger partial charge in [-0.15, -0.1) is 11.3 Å². The molecule has 0 aliphatic carbocycles. The van der Waals surface area contributed by atoms with E-state index in [1.807, 2.05) is 24.3 Å². The molecule has 6 unspecified atom stereocenters. The van der Waals surface area contributed by atoms with Crippen LogP contribution in [0, 0.1) is 5.92 Å². The number of halogens is 1. The van der Waals surface area contributed by atoms with Gasteiger partial charge in [0.25, 0.3) is 0 Å². The number of carbonyl (C=O) groups excluding carboxylic acids is 1. The standard InChI is InChI=1S/C26H29BrN2O9S/c1-12(2)23(34)29-20-16(31)10-26(25(35)36,38-22(20)21(33)17(32)11-30)37-18-8-7-13(27)9-14(18)24-28-15-5-3-4-6-19(15)39-24/h3-9,12,16-17,20-22,30-33H,10-11H2,1-2H3,(H,29,34)(H,35,36). The number of hydrogen-bond donors (Lipinski definition) is 6. The summed E-state index contributed by atoms with van der Waals surface area (Å²) < 4.78 is 13.4. The molecular formula is C26H29BrN2O9S. The Kier molecular flexibility index (Phi) is 8.91. The minimum atomic E-state index is -2.53. The zero-order valence-electron chi connectivity index (χ0n) is 21.0. The minimum absolute atomic E-state index is 0.0764. The molecule has 6 N–H and O–H groups in total. The van der Waals surface area contributed by atoms with Crippen molar-refractivity contribution in [2.75, 3.05) is 6.61 Å². The van der Waals surface area contributed by atoms with Gasteiger partial charge in [-0.05, 0) is 30.3 Å². The van der Waals surface area contributed by atoms with Crippen LogP contribution in [0.4, 0.5) is 0 Å². The van der Waals surface area contributed by atoms with E-state index in [1.54, 1.807) is 26.0 Å². The van der Waals surface area contributed by atoms with E-state index < -0.39 is 67.1 Å². The number of benzene rings is 2. The van der Waals surface area contributed by atoms with Crippen molar-refractivity contribution in [1.82, 2.24) is 10.3 Å². The van der Waals surface area contributed by atoms with Crippen molar-refractivity contribution >= 4 is 49.4 Å². The number of aliphatic carboxylic acids is 1. The number of para-hydroxylation sites is 1. The Hall–Kier alpha value is -2.65. The van der Waals surface area contributed by atoms with E-state index in [2.05, 4.69) is 26.2 Å². The smallest absolute Gasteiger partial charge is 0.377 e. The van der Waals surface area contributed by atoms with Crippen molar-refractivity contribution in [3.05, 3.63) is 46.9 Å². The highest BCUT2D eigenvalue weighted by Gasteiger charge is 2.57. The van der Waals surface area contributed by atoms with Gasteiger partial charge in [-0.25, -0.2) is 9.78 Å². The number of ether oxygens (including phenoxy) is 2. The van der Waals surface area contributed by atoms with E-state index in [9.17, 15) is 35.1 Å². The van der Waals surface area contributed by atoms with Crippen molar-refractivity contribution in [1.29, 1.82) is 0 Å². The molecule has 2 heterocycles.